The topological polar surface area (TPSA) is 51.8 Å². The third-order valence-corrected chi connectivity index (χ3v) is 6.64. The average molecular weight is 765 g/mol. The van der Waals surface area contributed by atoms with Gasteiger partial charge in [-0.15, -0.1) is 53.6 Å². The van der Waals surface area contributed by atoms with Crippen LogP contribution in [0.25, 0.3) is 44.6 Å². The maximum atomic E-state index is 8.55. The molecule has 0 spiro atoms. The van der Waals surface area contributed by atoms with Gasteiger partial charge in [-0.1, -0.05) is 83.2 Å². The van der Waals surface area contributed by atoms with Gasteiger partial charge in [0, 0.05) is 50.4 Å². The molecule has 0 unspecified atom stereocenters. The molecule has 44 heavy (non-hydrogen) atoms. The molecule has 2 aromatic carbocycles. The summed E-state index contributed by atoms with van der Waals surface area (Å²) in [6.07, 6.45) is 3.04. The molecule has 229 valence electrons. The van der Waals surface area contributed by atoms with E-state index in [9.17, 15) is 0 Å². The molecule has 0 aliphatic carbocycles. The van der Waals surface area contributed by atoms with Gasteiger partial charge >= 0.3 is 0 Å². The van der Waals surface area contributed by atoms with Crippen LogP contribution in [-0.2, 0) is 32.9 Å². The summed E-state index contributed by atoms with van der Waals surface area (Å²) < 4.78 is 45.8. The Kier molecular flexibility index (Phi) is 8.22. The monoisotopic (exact) mass is 765 g/mol. The first kappa shape index (κ1) is 26.7. The Bertz CT molecular complexity index is 2040. The first-order valence-electron chi connectivity index (χ1n) is 17.0. The SMILES string of the molecule is Cc1c[c-]c(-c2ccc(CC(C)(C)C)cn2)cc1.[2H]C([2H])([2H])c1ccc2c(n1)oc1c(-c3cc(C([2H])([2H])C(C)(C)C)ccn3)[c-]ccc12.[Ir]. The normalized spacial score (nSPS) is 13.9. The molecule has 0 saturated carbocycles. The molecule has 6 rings (SSSR count). The van der Waals surface area contributed by atoms with Gasteiger partial charge in [0.25, 0.3) is 0 Å². The van der Waals surface area contributed by atoms with Crippen LogP contribution < -0.4 is 0 Å². The van der Waals surface area contributed by atoms with E-state index in [2.05, 4.69) is 79.0 Å². The van der Waals surface area contributed by atoms with Gasteiger partial charge in [-0.2, -0.15) is 0 Å². The molecule has 0 saturated heterocycles. The standard InChI is InChI=1S/C22H21N2O.C17H20N.Ir/c1-14-8-9-17-16-6-5-7-18(20(16)25-21(17)24-14)19-12-15(10-11-23-19)13-22(2,3)4;1-13-5-8-15(9-6-13)16-10-7-14(12-18-16)11-17(2,3)4;/h5-6,8-12H,13H2,1-4H3;5-8,10,12H,11H2,1-4H3;/q2*-1;/i1D3,13D2;;. The molecule has 0 amide bonds. The molecule has 0 aliphatic rings. The fourth-order valence-corrected chi connectivity index (χ4v) is 4.85. The van der Waals surface area contributed by atoms with Crippen molar-refractivity contribution in [2.24, 2.45) is 10.8 Å². The van der Waals surface area contributed by atoms with Crippen molar-refractivity contribution < 1.29 is 31.4 Å². The van der Waals surface area contributed by atoms with Crippen LogP contribution in [0.5, 0.6) is 0 Å². The van der Waals surface area contributed by atoms with E-state index in [0.717, 1.165) is 23.1 Å². The average Bonchev–Trinajstić information content (AvgIpc) is 3.39. The number of hydrogen-bond donors (Lipinski definition) is 0. The molecule has 4 heterocycles. The summed E-state index contributed by atoms with van der Waals surface area (Å²) in [5.41, 5.74) is 6.59. The van der Waals surface area contributed by atoms with Gasteiger partial charge in [-0.05, 0) is 65.6 Å². The summed E-state index contributed by atoms with van der Waals surface area (Å²) in [7, 11) is 0. The number of rotatable bonds is 4. The first-order chi connectivity index (χ1) is 22.3. The Morgan fingerprint density at radius 1 is 0.841 bits per heavy atom. The maximum Gasteiger partial charge on any atom is 0.216 e. The van der Waals surface area contributed by atoms with Gasteiger partial charge in [0.2, 0.25) is 5.71 Å². The smallest absolute Gasteiger partial charge is 0.216 e. The number of fused-ring (bicyclic) bond motifs is 3. The van der Waals surface area contributed by atoms with Gasteiger partial charge in [0.1, 0.15) is 0 Å². The molecule has 5 heteroatoms. The largest absolute Gasteiger partial charge is 0.486 e. The third-order valence-electron chi connectivity index (χ3n) is 6.64. The first-order valence-corrected chi connectivity index (χ1v) is 14.5. The molecule has 0 bridgehead atoms. The van der Waals surface area contributed by atoms with Crippen molar-refractivity contribution in [1.29, 1.82) is 0 Å². The Labute approximate surface area is 282 Å². The quantitative estimate of drug-likeness (QED) is 0.168. The van der Waals surface area contributed by atoms with Crippen LogP contribution in [0, 0.1) is 36.7 Å². The van der Waals surface area contributed by atoms with E-state index in [1.807, 2.05) is 39.1 Å². The van der Waals surface area contributed by atoms with Crippen molar-refractivity contribution in [3.63, 3.8) is 0 Å². The number of pyridine rings is 3. The van der Waals surface area contributed by atoms with E-state index in [1.165, 1.54) is 17.2 Å². The van der Waals surface area contributed by atoms with E-state index in [0.29, 0.717) is 33.2 Å². The Morgan fingerprint density at radius 2 is 1.66 bits per heavy atom. The van der Waals surface area contributed by atoms with E-state index >= 15 is 0 Å². The number of furan rings is 1. The minimum absolute atomic E-state index is 0. The van der Waals surface area contributed by atoms with Crippen LogP contribution in [0.3, 0.4) is 0 Å². The molecule has 0 atom stereocenters. The number of aryl methyl sites for hydroxylation is 2. The summed E-state index contributed by atoms with van der Waals surface area (Å²) in [4.78, 5) is 13.1. The fraction of sp³-hybridized carbons (Fsp3) is 0.308. The molecule has 4 aromatic heterocycles. The van der Waals surface area contributed by atoms with Crippen LogP contribution in [0.2, 0.25) is 0 Å². The van der Waals surface area contributed by atoms with E-state index in [4.69, 9.17) is 11.3 Å². The van der Waals surface area contributed by atoms with Crippen molar-refractivity contribution in [3.05, 3.63) is 114 Å². The van der Waals surface area contributed by atoms with Crippen LogP contribution >= 0.6 is 0 Å². The van der Waals surface area contributed by atoms with E-state index < -0.39 is 18.6 Å². The molecule has 0 aliphatic heterocycles. The second-order valence-electron chi connectivity index (χ2n) is 13.1. The number of hydrogen-bond acceptors (Lipinski definition) is 4. The van der Waals surface area contributed by atoms with Crippen molar-refractivity contribution in [2.45, 2.75) is 68.1 Å². The summed E-state index contributed by atoms with van der Waals surface area (Å²) in [6.45, 7) is 12.0. The number of nitrogens with zero attached hydrogens (tertiary/aromatic N) is 3. The van der Waals surface area contributed by atoms with Gasteiger partial charge in [0.15, 0.2) is 0 Å². The van der Waals surface area contributed by atoms with Crippen molar-refractivity contribution >= 4 is 22.1 Å². The van der Waals surface area contributed by atoms with Crippen LogP contribution in [0.4, 0.5) is 0 Å². The molecule has 0 N–H and O–H groups in total. The van der Waals surface area contributed by atoms with Crippen molar-refractivity contribution in [2.75, 3.05) is 0 Å². The summed E-state index contributed by atoms with van der Waals surface area (Å²) in [5.74, 6) is 0. The molecule has 4 nitrogen and oxygen atoms in total. The van der Waals surface area contributed by atoms with Gasteiger partial charge in [-0.3, -0.25) is 0 Å². The second kappa shape index (κ2) is 13.5. The minimum atomic E-state index is -2.32. The Hall–Kier alpha value is -3.66. The van der Waals surface area contributed by atoms with E-state index in [1.54, 1.807) is 30.5 Å². The van der Waals surface area contributed by atoms with Crippen LogP contribution in [0.1, 0.15) is 70.8 Å². The van der Waals surface area contributed by atoms with E-state index in [-0.39, 0.29) is 31.5 Å². The van der Waals surface area contributed by atoms with Crippen LogP contribution in [0.15, 0.2) is 83.5 Å². The molecule has 1 radical (unpaired) electrons. The second-order valence-corrected chi connectivity index (χ2v) is 13.1. The zero-order valence-corrected chi connectivity index (χ0v) is 28.7. The Morgan fingerprint density at radius 3 is 2.32 bits per heavy atom. The summed E-state index contributed by atoms with van der Waals surface area (Å²) >= 11 is 0. The van der Waals surface area contributed by atoms with Gasteiger partial charge in [-0.25, -0.2) is 4.98 Å². The van der Waals surface area contributed by atoms with Gasteiger partial charge in [0.05, 0.1) is 5.58 Å². The maximum absolute atomic E-state index is 8.55. The number of benzene rings is 2. The molecular weight excluding hydrogens is 719 g/mol. The molecule has 6 aromatic rings. The zero-order valence-electron chi connectivity index (χ0n) is 31.3. The van der Waals surface area contributed by atoms with Gasteiger partial charge < -0.3 is 14.4 Å². The zero-order chi connectivity index (χ0) is 35.1. The summed E-state index contributed by atoms with van der Waals surface area (Å²) in [5, 5.41) is 1.48. The van der Waals surface area contributed by atoms with Crippen molar-refractivity contribution in [1.82, 2.24) is 15.0 Å². The third kappa shape index (κ3) is 8.49. The minimum Gasteiger partial charge on any atom is -0.486 e. The van der Waals surface area contributed by atoms with Crippen LogP contribution in [-0.4, -0.2) is 15.0 Å². The molecular formula is C39H41IrN3O-2. The van der Waals surface area contributed by atoms with Crippen molar-refractivity contribution in [3.8, 4) is 22.5 Å². The fourth-order valence-electron chi connectivity index (χ4n) is 4.85. The predicted molar refractivity (Wildman–Crippen MR) is 178 cm³/mol. The Balaban J connectivity index is 0.000000244. The predicted octanol–water partition coefficient (Wildman–Crippen LogP) is 10.2. The molecule has 0 fully saturated rings. The number of aromatic nitrogens is 3. The summed E-state index contributed by atoms with van der Waals surface area (Å²) in [6, 6.07) is 27.0.